The number of alkyl halides is 1. The monoisotopic (exact) mass is 809 g/mol. The van der Waals surface area contributed by atoms with Crippen molar-refractivity contribution in [2.45, 2.75) is 38.6 Å². The van der Waals surface area contributed by atoms with E-state index in [0.717, 1.165) is 107 Å². The molecular weight excluding hydrogens is 761 g/mol. The van der Waals surface area contributed by atoms with Gasteiger partial charge in [0, 0.05) is 109 Å². The number of amides is 1. The third-order valence-electron chi connectivity index (χ3n) is 9.41. The van der Waals surface area contributed by atoms with Crippen molar-refractivity contribution in [1.29, 1.82) is 0 Å². The molecule has 1 aromatic carbocycles. The Kier molecular flexibility index (Phi) is 14.6. The maximum Gasteiger partial charge on any atom is 0.234 e. The Balaban J connectivity index is 1.32. The van der Waals surface area contributed by atoms with Gasteiger partial charge >= 0.3 is 0 Å². The highest BCUT2D eigenvalue weighted by Crippen LogP contribution is 2.19. The summed E-state index contributed by atoms with van der Waals surface area (Å²) in [4.78, 5) is 41.3. The van der Waals surface area contributed by atoms with Gasteiger partial charge in [-0.05, 0) is 72.6 Å². The molecule has 4 aromatic heterocycles. The number of nitrogens with zero attached hydrogens (tertiary/aromatic N) is 8. The average Bonchev–Trinajstić information content (AvgIpc) is 3.18. The van der Waals surface area contributed by atoms with Crippen LogP contribution in [0.15, 0.2) is 122 Å². The molecule has 1 unspecified atom stereocenters. The molecule has 0 aliphatic carbocycles. The van der Waals surface area contributed by atoms with E-state index in [2.05, 4.69) is 113 Å². The maximum absolute atomic E-state index is 12.1. The van der Waals surface area contributed by atoms with E-state index in [0.29, 0.717) is 4.43 Å². The van der Waals surface area contributed by atoms with Crippen LogP contribution in [0.25, 0.3) is 0 Å². The van der Waals surface area contributed by atoms with Gasteiger partial charge in [0.1, 0.15) is 0 Å². The zero-order valence-electron chi connectivity index (χ0n) is 29.7. The molecule has 6 rings (SSSR count). The Bertz CT molecular complexity index is 1750. The van der Waals surface area contributed by atoms with Gasteiger partial charge in [-0.1, -0.05) is 59.0 Å². The van der Waals surface area contributed by atoms with E-state index < -0.39 is 0 Å². The van der Waals surface area contributed by atoms with Crippen LogP contribution in [0.2, 0.25) is 0 Å². The summed E-state index contributed by atoms with van der Waals surface area (Å²) in [6, 6.07) is 33.3. The molecule has 1 aliphatic heterocycles. The molecular formula is C41H48IN9O. The Hall–Kier alpha value is -4.14. The number of pyridine rings is 4. The number of hydrogen-bond acceptors (Lipinski definition) is 9. The molecule has 1 atom stereocenters. The van der Waals surface area contributed by atoms with E-state index in [4.69, 9.17) is 15.0 Å². The lowest BCUT2D eigenvalue weighted by molar-refractivity contribution is -0.113. The minimum atomic E-state index is 0.00622. The van der Waals surface area contributed by atoms with Crippen molar-refractivity contribution in [2.75, 3.05) is 55.6 Å². The van der Waals surface area contributed by atoms with Crippen LogP contribution in [-0.2, 0) is 37.4 Å². The topological polar surface area (TPSA) is 93.6 Å². The highest BCUT2D eigenvalue weighted by Gasteiger charge is 2.26. The number of rotatable bonds is 12. The number of halogens is 1. The van der Waals surface area contributed by atoms with Crippen LogP contribution in [0.1, 0.15) is 28.3 Å². The third-order valence-corrected chi connectivity index (χ3v) is 10.1. The molecule has 5 heterocycles. The van der Waals surface area contributed by atoms with Crippen LogP contribution in [0.5, 0.6) is 0 Å². The van der Waals surface area contributed by atoms with Crippen molar-refractivity contribution in [3.63, 3.8) is 0 Å². The first-order valence-corrected chi connectivity index (χ1v) is 19.6. The van der Waals surface area contributed by atoms with Crippen molar-refractivity contribution in [3.05, 3.63) is 150 Å². The number of hydrogen-bond donors (Lipinski definition) is 1. The third kappa shape index (κ3) is 12.2. The van der Waals surface area contributed by atoms with Crippen LogP contribution >= 0.6 is 22.6 Å². The first-order valence-electron chi connectivity index (χ1n) is 18.0. The lowest BCUT2D eigenvalue weighted by Crippen LogP contribution is -2.50. The van der Waals surface area contributed by atoms with Crippen molar-refractivity contribution >= 4 is 34.2 Å². The largest absolute Gasteiger partial charge is 0.325 e. The predicted molar refractivity (Wildman–Crippen MR) is 215 cm³/mol. The smallest absolute Gasteiger partial charge is 0.234 e. The maximum atomic E-state index is 12.1. The van der Waals surface area contributed by atoms with Crippen LogP contribution in [-0.4, -0.2) is 102 Å². The summed E-state index contributed by atoms with van der Waals surface area (Å²) < 4.78 is 0.423. The molecule has 5 aromatic rings. The number of carbonyl (C=O) groups excluding carboxylic acids is 1. The molecule has 1 aliphatic rings. The van der Waals surface area contributed by atoms with Crippen LogP contribution in [0.3, 0.4) is 0 Å². The van der Waals surface area contributed by atoms with Crippen molar-refractivity contribution in [2.24, 2.45) is 0 Å². The van der Waals surface area contributed by atoms with E-state index in [9.17, 15) is 4.79 Å². The van der Waals surface area contributed by atoms with Crippen molar-refractivity contribution < 1.29 is 4.79 Å². The van der Waals surface area contributed by atoms with Gasteiger partial charge < -0.3 is 5.32 Å². The SMILES string of the molecule is O=C(CI)Nc1ccc(CC2CN(Cc3ccccn3)CCN(Cc3ccccn3)CCN(Cc3ccccn3)CCN2Cc2ccccn2)cc1. The summed E-state index contributed by atoms with van der Waals surface area (Å²) in [6.07, 6.45) is 8.40. The van der Waals surface area contributed by atoms with Gasteiger partial charge in [-0.15, -0.1) is 0 Å². The number of anilines is 1. The second kappa shape index (κ2) is 20.2. The Morgan fingerprint density at radius 3 is 1.48 bits per heavy atom. The normalized spacial score (nSPS) is 17.2. The Morgan fingerprint density at radius 1 is 0.577 bits per heavy atom. The summed E-state index contributed by atoms with van der Waals surface area (Å²) in [6.45, 7) is 9.33. The average molecular weight is 810 g/mol. The lowest BCUT2D eigenvalue weighted by Gasteiger charge is -2.39. The lowest BCUT2D eigenvalue weighted by atomic mass is 10.0. The number of benzene rings is 1. The minimum Gasteiger partial charge on any atom is -0.325 e. The molecule has 11 heteroatoms. The van der Waals surface area contributed by atoms with Crippen molar-refractivity contribution in [1.82, 2.24) is 39.5 Å². The summed E-state index contributed by atoms with van der Waals surface area (Å²) in [5.41, 5.74) is 6.35. The fourth-order valence-electron chi connectivity index (χ4n) is 6.66. The molecule has 0 spiro atoms. The molecule has 270 valence electrons. The van der Waals surface area contributed by atoms with E-state index in [1.807, 2.05) is 61.2 Å². The summed E-state index contributed by atoms with van der Waals surface area (Å²) >= 11 is 2.09. The summed E-state index contributed by atoms with van der Waals surface area (Å²) in [5, 5.41) is 2.99. The van der Waals surface area contributed by atoms with Gasteiger partial charge in [-0.3, -0.25) is 44.3 Å². The molecule has 1 saturated heterocycles. The van der Waals surface area contributed by atoms with Gasteiger partial charge in [0.05, 0.1) is 27.2 Å². The van der Waals surface area contributed by atoms with E-state index >= 15 is 0 Å². The van der Waals surface area contributed by atoms with E-state index in [-0.39, 0.29) is 11.9 Å². The fraction of sp³-hybridized carbons (Fsp3) is 0.341. The number of carbonyl (C=O) groups is 1. The van der Waals surface area contributed by atoms with Gasteiger partial charge in [0.25, 0.3) is 0 Å². The van der Waals surface area contributed by atoms with Gasteiger partial charge in [-0.25, -0.2) is 0 Å². The van der Waals surface area contributed by atoms with E-state index in [1.165, 1.54) is 5.56 Å². The van der Waals surface area contributed by atoms with Crippen LogP contribution in [0, 0.1) is 0 Å². The zero-order valence-corrected chi connectivity index (χ0v) is 31.8. The van der Waals surface area contributed by atoms with Crippen LogP contribution < -0.4 is 5.32 Å². The Labute approximate surface area is 321 Å². The number of aromatic nitrogens is 4. The second-order valence-electron chi connectivity index (χ2n) is 13.3. The van der Waals surface area contributed by atoms with Gasteiger partial charge in [0.15, 0.2) is 0 Å². The van der Waals surface area contributed by atoms with Crippen LogP contribution in [0.4, 0.5) is 5.69 Å². The molecule has 10 nitrogen and oxygen atoms in total. The molecule has 0 saturated carbocycles. The quantitative estimate of drug-likeness (QED) is 0.128. The van der Waals surface area contributed by atoms with Crippen molar-refractivity contribution in [3.8, 4) is 0 Å². The molecule has 0 radical (unpaired) electrons. The first-order chi connectivity index (χ1) is 25.6. The Morgan fingerprint density at radius 2 is 1.02 bits per heavy atom. The number of nitrogens with one attached hydrogen (secondary N) is 1. The molecule has 1 amide bonds. The van der Waals surface area contributed by atoms with E-state index in [1.54, 1.807) is 0 Å². The molecule has 1 fully saturated rings. The highest BCUT2D eigenvalue weighted by atomic mass is 127. The fourth-order valence-corrected chi connectivity index (χ4v) is 6.85. The summed E-state index contributed by atoms with van der Waals surface area (Å²) in [5.74, 6) is 0.00622. The van der Waals surface area contributed by atoms with Gasteiger partial charge in [0.2, 0.25) is 5.91 Å². The first kappa shape index (κ1) is 37.6. The minimum absolute atomic E-state index is 0.00622. The molecule has 0 bridgehead atoms. The molecule has 52 heavy (non-hydrogen) atoms. The second-order valence-corrected chi connectivity index (χ2v) is 14.0. The highest BCUT2D eigenvalue weighted by molar-refractivity contribution is 14.1. The van der Waals surface area contributed by atoms with Gasteiger partial charge in [-0.2, -0.15) is 0 Å². The standard InChI is InChI=1S/C41H48IN9O/c42-28-41(52)47-35-15-13-34(14-16-35)27-40-33-50(31-38-11-3-7-19-45-38)24-23-48(29-36-9-1-5-17-43-36)21-22-49(30-37-10-2-6-18-44-37)25-26-51(40)32-39-12-4-8-20-46-39/h1-20,40H,21-33H2,(H,47,52). The zero-order chi connectivity index (χ0) is 35.8. The summed E-state index contributed by atoms with van der Waals surface area (Å²) in [7, 11) is 0. The predicted octanol–water partition coefficient (Wildman–Crippen LogP) is 5.57. The molecule has 1 N–H and O–H groups in total.